The number of thioether (sulfide) groups is 2. The summed E-state index contributed by atoms with van der Waals surface area (Å²) >= 11 is 2.85. The summed E-state index contributed by atoms with van der Waals surface area (Å²) in [6.45, 7) is 6.04. The number of halogens is 1. The van der Waals surface area contributed by atoms with Crippen molar-refractivity contribution in [3.05, 3.63) is 88.0 Å². The summed E-state index contributed by atoms with van der Waals surface area (Å²) in [5.41, 5.74) is 2.06. The summed E-state index contributed by atoms with van der Waals surface area (Å²) in [5, 5.41) is 22.7. The van der Waals surface area contributed by atoms with Crippen molar-refractivity contribution < 1.29 is 14.1 Å². The summed E-state index contributed by atoms with van der Waals surface area (Å²) in [6, 6.07) is 10.7. The molecule has 1 heterocycles. The summed E-state index contributed by atoms with van der Waals surface area (Å²) in [4.78, 5) is 22.9. The number of nitrogens with one attached hydrogen (secondary N) is 1. The van der Waals surface area contributed by atoms with Crippen LogP contribution in [0.5, 0.6) is 0 Å². The van der Waals surface area contributed by atoms with Gasteiger partial charge in [0.25, 0.3) is 5.69 Å². The fourth-order valence-electron chi connectivity index (χ4n) is 2.86. The fraction of sp³-hybridized carbons (Fsp3) is 0.227. The number of amides is 1. The second-order valence-corrected chi connectivity index (χ2v) is 8.94. The van der Waals surface area contributed by atoms with Crippen LogP contribution in [0, 0.1) is 22.9 Å². The minimum atomic E-state index is -0.503. The van der Waals surface area contributed by atoms with Gasteiger partial charge in [0.05, 0.1) is 22.1 Å². The van der Waals surface area contributed by atoms with E-state index in [4.69, 9.17) is 0 Å². The number of carbonyl (C=O) groups is 1. The van der Waals surface area contributed by atoms with Gasteiger partial charge in [0.1, 0.15) is 11.6 Å². The zero-order valence-corrected chi connectivity index (χ0v) is 19.5. The molecule has 0 unspecified atom stereocenters. The number of carbonyl (C=O) groups excluding carboxylic acids is 1. The second-order valence-electron chi connectivity index (χ2n) is 7.01. The maximum absolute atomic E-state index is 13.0. The first-order valence-corrected chi connectivity index (χ1v) is 12.0. The van der Waals surface area contributed by atoms with E-state index < -0.39 is 4.92 Å². The normalized spacial score (nSPS) is 10.7. The first-order valence-electron chi connectivity index (χ1n) is 9.90. The van der Waals surface area contributed by atoms with Gasteiger partial charge in [-0.3, -0.25) is 14.9 Å². The minimum absolute atomic E-state index is 0.0696. The highest BCUT2D eigenvalue weighted by Gasteiger charge is 2.15. The molecule has 0 aliphatic heterocycles. The van der Waals surface area contributed by atoms with Crippen LogP contribution >= 0.6 is 23.5 Å². The van der Waals surface area contributed by atoms with Gasteiger partial charge in [-0.05, 0) is 30.2 Å². The lowest BCUT2D eigenvalue weighted by Crippen LogP contribution is -2.15. The molecule has 0 aliphatic rings. The molecule has 0 fully saturated rings. The van der Waals surface area contributed by atoms with E-state index in [9.17, 15) is 19.3 Å². The quantitative estimate of drug-likeness (QED) is 0.176. The fourth-order valence-corrected chi connectivity index (χ4v) is 4.55. The molecular formula is C22H22FN5O3S2. The van der Waals surface area contributed by atoms with Gasteiger partial charge < -0.3 is 9.88 Å². The maximum atomic E-state index is 13.0. The molecule has 3 rings (SSSR count). The van der Waals surface area contributed by atoms with E-state index in [0.717, 1.165) is 17.0 Å². The van der Waals surface area contributed by atoms with E-state index in [0.29, 0.717) is 28.9 Å². The van der Waals surface area contributed by atoms with Crippen molar-refractivity contribution in [1.82, 2.24) is 14.8 Å². The molecule has 0 saturated heterocycles. The average molecular weight is 488 g/mol. The molecule has 0 spiro atoms. The van der Waals surface area contributed by atoms with E-state index in [1.807, 2.05) is 4.57 Å². The van der Waals surface area contributed by atoms with Crippen LogP contribution in [-0.2, 0) is 22.8 Å². The van der Waals surface area contributed by atoms with Crippen LogP contribution in [-0.4, -0.2) is 31.3 Å². The molecule has 1 aromatic heterocycles. The van der Waals surface area contributed by atoms with Crippen LogP contribution in [0.25, 0.3) is 0 Å². The van der Waals surface area contributed by atoms with E-state index in [2.05, 4.69) is 22.1 Å². The Labute approximate surface area is 198 Å². The highest BCUT2D eigenvalue weighted by Crippen LogP contribution is 2.24. The van der Waals surface area contributed by atoms with E-state index in [-0.39, 0.29) is 23.2 Å². The SMILES string of the molecule is C=CCn1c(CSCc2ccc(F)cc2)nnc1SCC(=O)Nc1cc([N+](=O)[O-])ccc1C. The smallest absolute Gasteiger partial charge is 0.271 e. The molecule has 3 aromatic rings. The van der Waals surface area contributed by atoms with Crippen LogP contribution in [0.1, 0.15) is 17.0 Å². The molecule has 2 aromatic carbocycles. The van der Waals surface area contributed by atoms with Crippen molar-refractivity contribution in [3.63, 3.8) is 0 Å². The lowest BCUT2D eigenvalue weighted by Gasteiger charge is -2.09. The zero-order chi connectivity index (χ0) is 23.8. The lowest BCUT2D eigenvalue weighted by atomic mass is 10.2. The third-order valence-electron chi connectivity index (χ3n) is 4.56. The van der Waals surface area contributed by atoms with Crippen LogP contribution in [0.2, 0.25) is 0 Å². The van der Waals surface area contributed by atoms with Gasteiger partial charge in [0.2, 0.25) is 5.91 Å². The number of anilines is 1. The van der Waals surface area contributed by atoms with Crippen LogP contribution in [0.15, 0.2) is 60.3 Å². The van der Waals surface area contributed by atoms with Gasteiger partial charge in [-0.25, -0.2) is 4.39 Å². The number of allylic oxidation sites excluding steroid dienone is 1. The molecule has 1 N–H and O–H groups in total. The lowest BCUT2D eigenvalue weighted by molar-refractivity contribution is -0.384. The summed E-state index contributed by atoms with van der Waals surface area (Å²) in [5.74, 6) is 1.55. The highest BCUT2D eigenvalue weighted by atomic mass is 32.2. The van der Waals surface area contributed by atoms with Crippen molar-refractivity contribution in [2.75, 3.05) is 11.1 Å². The van der Waals surface area contributed by atoms with Gasteiger partial charge in [-0.15, -0.1) is 28.5 Å². The Balaban J connectivity index is 1.59. The van der Waals surface area contributed by atoms with Gasteiger partial charge in [-0.1, -0.05) is 36.0 Å². The Morgan fingerprint density at radius 2 is 2.00 bits per heavy atom. The Kier molecular flexibility index (Phi) is 8.61. The molecule has 0 aliphatic carbocycles. The Morgan fingerprint density at radius 3 is 2.70 bits per heavy atom. The summed E-state index contributed by atoms with van der Waals surface area (Å²) in [6.07, 6.45) is 1.73. The number of hydrogen-bond acceptors (Lipinski definition) is 7. The third kappa shape index (κ3) is 6.90. The molecule has 0 bridgehead atoms. The second kappa shape index (κ2) is 11.6. The van der Waals surface area contributed by atoms with E-state index in [1.54, 1.807) is 43.0 Å². The number of aromatic nitrogens is 3. The summed E-state index contributed by atoms with van der Waals surface area (Å²) in [7, 11) is 0. The van der Waals surface area contributed by atoms with Crippen molar-refractivity contribution in [3.8, 4) is 0 Å². The molecule has 1 amide bonds. The largest absolute Gasteiger partial charge is 0.325 e. The van der Waals surface area contributed by atoms with Gasteiger partial charge in [0, 0.05) is 24.4 Å². The first kappa shape index (κ1) is 24.5. The molecule has 11 heteroatoms. The Morgan fingerprint density at radius 1 is 1.24 bits per heavy atom. The number of nitro benzene ring substituents is 1. The molecule has 0 atom stereocenters. The molecule has 172 valence electrons. The van der Waals surface area contributed by atoms with Gasteiger partial charge in [-0.2, -0.15) is 0 Å². The topological polar surface area (TPSA) is 103 Å². The maximum Gasteiger partial charge on any atom is 0.271 e. The minimum Gasteiger partial charge on any atom is -0.325 e. The van der Waals surface area contributed by atoms with Gasteiger partial charge in [0.15, 0.2) is 5.16 Å². The van der Waals surface area contributed by atoms with Crippen LogP contribution in [0.4, 0.5) is 15.8 Å². The number of benzene rings is 2. The molecule has 0 saturated carbocycles. The van der Waals surface area contributed by atoms with Gasteiger partial charge >= 0.3 is 0 Å². The van der Waals surface area contributed by atoms with Crippen molar-refractivity contribution in [1.29, 1.82) is 0 Å². The predicted molar refractivity (Wildman–Crippen MR) is 129 cm³/mol. The number of hydrogen-bond donors (Lipinski definition) is 1. The molecule has 33 heavy (non-hydrogen) atoms. The number of non-ortho nitro benzene ring substituents is 1. The molecule has 8 nitrogen and oxygen atoms in total. The van der Waals surface area contributed by atoms with E-state index in [1.165, 1.54) is 36.0 Å². The number of nitro groups is 1. The van der Waals surface area contributed by atoms with Crippen molar-refractivity contribution >= 4 is 40.8 Å². The predicted octanol–water partition coefficient (Wildman–Crippen LogP) is 4.98. The summed E-state index contributed by atoms with van der Waals surface area (Å²) < 4.78 is 14.9. The van der Waals surface area contributed by atoms with Crippen LogP contribution in [0.3, 0.4) is 0 Å². The number of rotatable bonds is 11. The standard InChI is InChI=1S/C22H22FN5O3S2/c1-3-10-27-20(13-32-12-16-5-7-17(23)8-6-16)25-26-22(27)33-14-21(29)24-19-11-18(28(30)31)9-4-15(19)2/h3-9,11H,1,10,12-14H2,2H3,(H,24,29). The Hall–Kier alpha value is -3.18. The van der Waals surface area contributed by atoms with E-state index >= 15 is 0 Å². The third-order valence-corrected chi connectivity index (χ3v) is 6.52. The first-order chi connectivity index (χ1) is 15.9. The zero-order valence-electron chi connectivity index (χ0n) is 17.9. The van der Waals surface area contributed by atoms with Crippen molar-refractivity contribution in [2.45, 2.75) is 30.1 Å². The Bertz CT molecular complexity index is 1150. The van der Waals surface area contributed by atoms with Crippen LogP contribution < -0.4 is 5.32 Å². The highest BCUT2D eigenvalue weighted by molar-refractivity contribution is 7.99. The average Bonchev–Trinajstić information content (AvgIpc) is 3.17. The molecular weight excluding hydrogens is 465 g/mol. The van der Waals surface area contributed by atoms with Crippen molar-refractivity contribution in [2.24, 2.45) is 0 Å². The number of nitrogens with zero attached hydrogens (tertiary/aromatic N) is 4. The monoisotopic (exact) mass is 487 g/mol. The molecule has 0 radical (unpaired) electrons. The number of aryl methyl sites for hydroxylation is 1.